The smallest absolute Gasteiger partial charge is 0.224 e. The van der Waals surface area contributed by atoms with Gasteiger partial charge in [0.2, 0.25) is 5.91 Å². The second kappa shape index (κ2) is 8.46. The Hall–Kier alpha value is -2.48. The Morgan fingerprint density at radius 2 is 2.06 bits per heavy atom. The summed E-state index contributed by atoms with van der Waals surface area (Å²) in [6, 6.07) is 12.8. The van der Waals surface area contributed by atoms with E-state index in [0.717, 1.165) is 17.7 Å². The van der Waals surface area contributed by atoms with E-state index < -0.39 is 17.5 Å². The van der Waals surface area contributed by atoms with Crippen molar-refractivity contribution in [2.45, 2.75) is 49.9 Å². The lowest BCUT2D eigenvalue weighted by Crippen LogP contribution is -2.36. The maximum absolute atomic E-state index is 14.6. The number of likely N-dealkylation sites (tertiary alicyclic amines) is 1. The number of amides is 1. The highest BCUT2D eigenvalue weighted by Gasteiger charge is 2.52. The molecule has 1 saturated heterocycles. The minimum Gasteiger partial charge on any atom is -0.490 e. The summed E-state index contributed by atoms with van der Waals surface area (Å²) in [6.07, 6.45) is 2.07. The number of hydrogen-bond acceptors (Lipinski definition) is 5. The minimum atomic E-state index is -0.868. The van der Waals surface area contributed by atoms with Crippen LogP contribution >= 0.6 is 0 Å². The van der Waals surface area contributed by atoms with Crippen LogP contribution in [0.3, 0.4) is 0 Å². The third kappa shape index (κ3) is 4.25. The molecule has 6 nitrogen and oxygen atoms in total. The number of para-hydroxylation sites is 1. The first kappa shape index (κ1) is 21.4. The molecule has 2 heterocycles. The molecule has 1 saturated carbocycles. The first-order valence-corrected chi connectivity index (χ1v) is 11.4. The van der Waals surface area contributed by atoms with Gasteiger partial charge in [0.25, 0.3) is 0 Å². The summed E-state index contributed by atoms with van der Waals surface area (Å²) < 4.78 is 20.7. The molecule has 0 radical (unpaired) electrons. The molecule has 2 aliphatic heterocycles. The number of ether oxygens (including phenoxy) is 1. The van der Waals surface area contributed by atoms with Crippen LogP contribution in [0.4, 0.5) is 10.1 Å². The van der Waals surface area contributed by atoms with Crippen LogP contribution in [0.1, 0.15) is 42.9 Å². The Morgan fingerprint density at radius 3 is 2.84 bits per heavy atom. The van der Waals surface area contributed by atoms with Crippen molar-refractivity contribution in [2.24, 2.45) is 5.92 Å². The fourth-order valence-corrected chi connectivity index (χ4v) is 5.51. The van der Waals surface area contributed by atoms with E-state index in [1.807, 2.05) is 30.3 Å². The van der Waals surface area contributed by atoms with Gasteiger partial charge in [0.15, 0.2) is 0 Å². The third-order valence-electron chi connectivity index (χ3n) is 7.03. The number of anilines is 1. The molecule has 7 heteroatoms. The molecular weight excluding hydrogens is 411 g/mol. The van der Waals surface area contributed by atoms with Gasteiger partial charge in [0.1, 0.15) is 17.7 Å². The van der Waals surface area contributed by atoms with E-state index in [0.29, 0.717) is 50.9 Å². The molecule has 0 aromatic heterocycles. The highest BCUT2D eigenvalue weighted by atomic mass is 19.1. The fourth-order valence-electron chi connectivity index (χ4n) is 5.51. The number of aliphatic hydroxyl groups is 2. The van der Waals surface area contributed by atoms with Crippen LogP contribution in [0, 0.1) is 11.7 Å². The average molecular weight is 441 g/mol. The maximum atomic E-state index is 14.6. The molecule has 0 spiro atoms. The second-order valence-electron chi connectivity index (χ2n) is 9.44. The molecule has 5 rings (SSSR count). The average Bonchev–Trinajstić information content (AvgIpc) is 3.11. The van der Waals surface area contributed by atoms with Crippen molar-refractivity contribution >= 4 is 11.6 Å². The number of β-amino-alcohol motifs (C(OH)–C–C–N with tert-alkyl or cyclic N) is 2. The number of carbonyl (C=O) groups excluding carboxylic acids is 1. The summed E-state index contributed by atoms with van der Waals surface area (Å²) in [5.74, 6) is 0.212. The summed E-state index contributed by atoms with van der Waals surface area (Å²) >= 11 is 0. The Labute approximate surface area is 187 Å². The van der Waals surface area contributed by atoms with Crippen molar-refractivity contribution in [1.82, 2.24) is 4.90 Å². The van der Waals surface area contributed by atoms with Gasteiger partial charge in [-0.25, -0.2) is 4.39 Å². The van der Waals surface area contributed by atoms with Crippen LogP contribution in [0.15, 0.2) is 42.5 Å². The van der Waals surface area contributed by atoms with Crippen molar-refractivity contribution in [3.8, 4) is 5.75 Å². The van der Waals surface area contributed by atoms with Gasteiger partial charge in [-0.05, 0) is 48.6 Å². The predicted molar refractivity (Wildman–Crippen MR) is 118 cm³/mol. The number of rotatable bonds is 5. The zero-order valence-corrected chi connectivity index (χ0v) is 18.0. The largest absolute Gasteiger partial charge is 0.490 e. The monoisotopic (exact) mass is 440 g/mol. The van der Waals surface area contributed by atoms with Gasteiger partial charge < -0.3 is 20.3 Å². The second-order valence-corrected chi connectivity index (χ2v) is 9.44. The Bertz CT molecular complexity index is 1000. The molecule has 2 fully saturated rings. The minimum absolute atomic E-state index is 0.0200. The molecule has 3 aliphatic rings. The summed E-state index contributed by atoms with van der Waals surface area (Å²) in [5.41, 5.74) is 0.634. The van der Waals surface area contributed by atoms with Gasteiger partial charge in [-0.2, -0.15) is 0 Å². The number of hydrogen-bond donors (Lipinski definition) is 3. The maximum Gasteiger partial charge on any atom is 0.224 e. The van der Waals surface area contributed by atoms with E-state index in [-0.39, 0.29) is 23.6 Å². The third-order valence-corrected chi connectivity index (χ3v) is 7.03. The van der Waals surface area contributed by atoms with Gasteiger partial charge in [-0.3, -0.25) is 9.69 Å². The van der Waals surface area contributed by atoms with Crippen LogP contribution in [0.2, 0.25) is 0 Å². The number of nitrogens with zero attached hydrogens (tertiary/aromatic N) is 1. The SMILES string of the molecule is O=C1CCCc2cc([C@H](O)CN3C[C@H]4C[C@H](Oc5ccccc5)C[C@@]4(O)C3)cc(F)c2N1. The highest BCUT2D eigenvalue weighted by molar-refractivity contribution is 5.92. The number of aryl methyl sites for hydroxylation is 1. The molecule has 3 N–H and O–H groups in total. The van der Waals surface area contributed by atoms with Gasteiger partial charge in [0, 0.05) is 38.4 Å². The lowest BCUT2D eigenvalue weighted by molar-refractivity contribution is -0.116. The molecule has 2 aromatic carbocycles. The Morgan fingerprint density at radius 1 is 1.25 bits per heavy atom. The first-order valence-electron chi connectivity index (χ1n) is 11.4. The first-order chi connectivity index (χ1) is 15.4. The molecule has 2 aromatic rings. The highest BCUT2D eigenvalue weighted by Crippen LogP contribution is 2.43. The van der Waals surface area contributed by atoms with Gasteiger partial charge >= 0.3 is 0 Å². The quantitative estimate of drug-likeness (QED) is 0.666. The molecule has 1 amide bonds. The van der Waals surface area contributed by atoms with Gasteiger partial charge in [0.05, 0.1) is 17.4 Å². The molecule has 0 unspecified atom stereocenters. The van der Waals surface area contributed by atoms with Crippen molar-refractivity contribution in [3.63, 3.8) is 0 Å². The van der Waals surface area contributed by atoms with Crippen LogP contribution < -0.4 is 10.1 Å². The van der Waals surface area contributed by atoms with E-state index in [2.05, 4.69) is 10.2 Å². The van der Waals surface area contributed by atoms with E-state index in [1.54, 1.807) is 6.07 Å². The lowest BCUT2D eigenvalue weighted by atomic mass is 9.95. The van der Waals surface area contributed by atoms with E-state index in [4.69, 9.17) is 4.74 Å². The summed E-state index contributed by atoms with van der Waals surface area (Å²) in [4.78, 5) is 13.8. The van der Waals surface area contributed by atoms with Crippen molar-refractivity contribution in [2.75, 3.05) is 25.0 Å². The zero-order valence-electron chi connectivity index (χ0n) is 18.0. The van der Waals surface area contributed by atoms with Gasteiger partial charge in [-0.15, -0.1) is 0 Å². The van der Waals surface area contributed by atoms with E-state index in [9.17, 15) is 19.4 Å². The lowest BCUT2D eigenvalue weighted by Gasteiger charge is -2.25. The summed E-state index contributed by atoms with van der Waals surface area (Å²) in [7, 11) is 0. The Balaban J connectivity index is 1.22. The molecule has 170 valence electrons. The number of benzene rings is 2. The molecule has 4 atom stereocenters. The number of nitrogens with one attached hydrogen (secondary N) is 1. The predicted octanol–water partition coefficient (Wildman–Crippen LogP) is 3.04. The molecule has 1 aliphatic carbocycles. The topological polar surface area (TPSA) is 82.0 Å². The number of fused-ring (bicyclic) bond motifs is 2. The Kier molecular flexibility index (Phi) is 5.65. The molecule has 32 heavy (non-hydrogen) atoms. The summed E-state index contributed by atoms with van der Waals surface area (Å²) in [6.45, 7) is 1.46. The number of carbonyl (C=O) groups is 1. The van der Waals surface area contributed by atoms with E-state index in [1.165, 1.54) is 6.07 Å². The van der Waals surface area contributed by atoms with Gasteiger partial charge in [-0.1, -0.05) is 24.3 Å². The standard InChI is InChI=1S/C25H29FN2O4/c26-21-10-17(9-16-5-4-8-23(30)27-24(16)21)22(29)14-28-13-18-11-20(12-25(18,31)15-28)32-19-6-2-1-3-7-19/h1-3,6-7,9-10,18,20,22,29,31H,4-5,8,11-15H2,(H,27,30)/t18-,20+,22-,25-/m1/s1. The van der Waals surface area contributed by atoms with Crippen molar-refractivity contribution < 1.29 is 24.1 Å². The normalized spacial score (nSPS) is 28.5. The number of aliphatic hydroxyl groups excluding tert-OH is 1. The molecular formula is C25H29FN2O4. The fraction of sp³-hybridized carbons (Fsp3) is 0.480. The summed E-state index contributed by atoms with van der Waals surface area (Å²) in [5, 5.41) is 24.6. The van der Waals surface area contributed by atoms with Crippen LogP contribution in [0.25, 0.3) is 0 Å². The van der Waals surface area contributed by atoms with Crippen LogP contribution in [-0.2, 0) is 11.2 Å². The van der Waals surface area contributed by atoms with Crippen molar-refractivity contribution in [1.29, 1.82) is 0 Å². The number of halogens is 1. The molecule has 0 bridgehead atoms. The van der Waals surface area contributed by atoms with Crippen molar-refractivity contribution in [3.05, 3.63) is 59.4 Å². The van der Waals surface area contributed by atoms with Crippen LogP contribution in [0.5, 0.6) is 5.75 Å². The van der Waals surface area contributed by atoms with E-state index >= 15 is 0 Å². The van der Waals surface area contributed by atoms with Crippen LogP contribution in [-0.4, -0.2) is 52.4 Å². The zero-order chi connectivity index (χ0) is 22.3.